The van der Waals surface area contributed by atoms with E-state index in [0.29, 0.717) is 19.4 Å². The van der Waals surface area contributed by atoms with Crippen molar-refractivity contribution in [3.05, 3.63) is 39.1 Å². The number of nitrogens with zero attached hydrogens (tertiary/aromatic N) is 4. The molecule has 0 bridgehead atoms. The second-order valence-corrected chi connectivity index (χ2v) is 8.24. The van der Waals surface area contributed by atoms with Crippen molar-refractivity contribution < 1.29 is 4.79 Å². The molecule has 27 heavy (non-hydrogen) atoms. The molecule has 0 atom stereocenters. The number of aryl methyl sites for hydroxylation is 3. The zero-order chi connectivity index (χ0) is 19.6. The van der Waals surface area contributed by atoms with Gasteiger partial charge in [0.2, 0.25) is 5.91 Å². The van der Waals surface area contributed by atoms with Crippen LogP contribution in [0.1, 0.15) is 53.8 Å². The molecule has 3 aromatic rings. The number of hydrogen-bond acceptors (Lipinski definition) is 5. The topological polar surface area (TPSA) is 72.7 Å². The third-order valence-electron chi connectivity index (χ3n) is 4.80. The predicted octanol–water partition coefficient (Wildman–Crippen LogP) is 3.69. The van der Waals surface area contributed by atoms with Crippen molar-refractivity contribution in [1.29, 1.82) is 0 Å². The van der Waals surface area contributed by atoms with Gasteiger partial charge in [0.05, 0.1) is 16.9 Å². The first-order chi connectivity index (χ1) is 12.9. The summed E-state index contributed by atoms with van der Waals surface area (Å²) < 4.78 is 1.95. The molecular weight excluding hydrogens is 358 g/mol. The number of hydrogen-bond donors (Lipinski definition) is 1. The minimum Gasteiger partial charge on any atom is -0.356 e. The summed E-state index contributed by atoms with van der Waals surface area (Å²) in [5.74, 6) is 0.0683. The Morgan fingerprint density at radius 1 is 1.22 bits per heavy atom. The van der Waals surface area contributed by atoms with Gasteiger partial charge in [-0.25, -0.2) is 14.6 Å². The van der Waals surface area contributed by atoms with E-state index in [0.717, 1.165) is 39.4 Å². The van der Waals surface area contributed by atoms with E-state index < -0.39 is 0 Å². The first-order valence-corrected chi connectivity index (χ1v) is 10.3. The molecule has 0 saturated heterocycles. The Balaban J connectivity index is 1.61. The SMILES string of the molecule is Cc1nc(CCNC(=O)CCc2c(C)nc3c(cnn3C(C)C)c2C)cs1. The van der Waals surface area contributed by atoms with Gasteiger partial charge in [0, 0.05) is 41.9 Å². The lowest BCUT2D eigenvalue weighted by Gasteiger charge is -2.12. The molecule has 0 unspecified atom stereocenters. The molecule has 0 fully saturated rings. The average molecular weight is 386 g/mol. The van der Waals surface area contributed by atoms with Crippen LogP contribution in [0.3, 0.4) is 0 Å². The van der Waals surface area contributed by atoms with E-state index in [1.54, 1.807) is 11.3 Å². The first-order valence-electron chi connectivity index (χ1n) is 9.37. The standard InChI is InChI=1S/C20H27N5OS/c1-12(2)25-20-18(10-22-25)13(3)17(14(4)23-20)6-7-19(26)21-9-8-16-11-27-15(5)24-16/h10-12H,6-9H2,1-5H3,(H,21,26). The fourth-order valence-corrected chi connectivity index (χ4v) is 3.97. The van der Waals surface area contributed by atoms with Crippen molar-refractivity contribution in [3.8, 4) is 0 Å². The van der Waals surface area contributed by atoms with E-state index in [2.05, 4.69) is 36.2 Å². The van der Waals surface area contributed by atoms with E-state index in [4.69, 9.17) is 4.98 Å². The highest BCUT2D eigenvalue weighted by atomic mass is 32.1. The lowest BCUT2D eigenvalue weighted by molar-refractivity contribution is -0.121. The molecule has 0 aliphatic carbocycles. The number of carbonyl (C=O) groups is 1. The number of fused-ring (bicyclic) bond motifs is 1. The lowest BCUT2D eigenvalue weighted by atomic mass is 10.0. The molecule has 0 saturated carbocycles. The number of carbonyl (C=O) groups excluding carboxylic acids is 1. The molecule has 0 aromatic carbocycles. The Morgan fingerprint density at radius 2 is 2.00 bits per heavy atom. The van der Waals surface area contributed by atoms with Gasteiger partial charge in [-0.05, 0) is 52.2 Å². The van der Waals surface area contributed by atoms with Gasteiger partial charge in [-0.15, -0.1) is 11.3 Å². The highest BCUT2D eigenvalue weighted by Gasteiger charge is 2.15. The van der Waals surface area contributed by atoms with E-state index in [9.17, 15) is 4.79 Å². The van der Waals surface area contributed by atoms with Crippen LogP contribution < -0.4 is 5.32 Å². The second-order valence-electron chi connectivity index (χ2n) is 7.18. The molecule has 0 aliphatic heterocycles. The molecule has 0 spiro atoms. The molecule has 0 aliphatic rings. The number of nitrogens with one attached hydrogen (secondary N) is 1. The smallest absolute Gasteiger partial charge is 0.220 e. The Labute approximate surface area is 164 Å². The van der Waals surface area contributed by atoms with Crippen LogP contribution in [-0.2, 0) is 17.6 Å². The molecule has 1 N–H and O–H groups in total. The predicted molar refractivity (Wildman–Crippen MR) is 109 cm³/mol. The van der Waals surface area contributed by atoms with E-state index in [-0.39, 0.29) is 11.9 Å². The number of amides is 1. The largest absolute Gasteiger partial charge is 0.356 e. The van der Waals surface area contributed by atoms with Gasteiger partial charge in [0.1, 0.15) is 0 Å². The van der Waals surface area contributed by atoms with Crippen LogP contribution in [0.2, 0.25) is 0 Å². The van der Waals surface area contributed by atoms with Crippen LogP contribution >= 0.6 is 11.3 Å². The third-order valence-corrected chi connectivity index (χ3v) is 5.62. The van der Waals surface area contributed by atoms with Gasteiger partial charge in [-0.1, -0.05) is 0 Å². The molecule has 6 nitrogen and oxygen atoms in total. The van der Waals surface area contributed by atoms with E-state index in [1.807, 2.05) is 30.1 Å². The highest BCUT2D eigenvalue weighted by molar-refractivity contribution is 7.09. The fourth-order valence-electron chi connectivity index (χ4n) is 3.32. The summed E-state index contributed by atoms with van der Waals surface area (Å²) in [5, 5.41) is 11.7. The molecule has 3 rings (SSSR count). The normalized spacial score (nSPS) is 11.5. The maximum Gasteiger partial charge on any atom is 0.220 e. The lowest BCUT2D eigenvalue weighted by Crippen LogP contribution is -2.26. The summed E-state index contributed by atoms with van der Waals surface area (Å²) in [6.45, 7) is 10.9. The van der Waals surface area contributed by atoms with Crippen molar-refractivity contribution in [2.75, 3.05) is 6.54 Å². The number of pyridine rings is 1. The quantitative estimate of drug-likeness (QED) is 0.673. The van der Waals surface area contributed by atoms with E-state index >= 15 is 0 Å². The van der Waals surface area contributed by atoms with Crippen molar-refractivity contribution in [2.45, 2.75) is 59.9 Å². The van der Waals surface area contributed by atoms with Crippen molar-refractivity contribution in [2.24, 2.45) is 0 Å². The summed E-state index contributed by atoms with van der Waals surface area (Å²) in [6.07, 6.45) is 3.81. The Kier molecular flexibility index (Phi) is 5.89. The molecule has 3 aromatic heterocycles. The van der Waals surface area contributed by atoms with Gasteiger partial charge < -0.3 is 5.32 Å². The Morgan fingerprint density at radius 3 is 2.67 bits per heavy atom. The summed E-state index contributed by atoms with van der Waals surface area (Å²) in [4.78, 5) is 21.4. The van der Waals surface area contributed by atoms with E-state index in [1.165, 1.54) is 5.56 Å². The monoisotopic (exact) mass is 385 g/mol. The molecule has 0 radical (unpaired) electrons. The van der Waals surface area contributed by atoms with Crippen molar-refractivity contribution >= 4 is 28.3 Å². The second kappa shape index (κ2) is 8.17. The van der Waals surface area contributed by atoms with Gasteiger partial charge in [-0.3, -0.25) is 4.79 Å². The van der Waals surface area contributed by atoms with Gasteiger partial charge in [0.15, 0.2) is 5.65 Å². The minimum atomic E-state index is 0.0683. The molecule has 1 amide bonds. The van der Waals surface area contributed by atoms with Gasteiger partial charge in [0.25, 0.3) is 0 Å². The highest BCUT2D eigenvalue weighted by Crippen LogP contribution is 2.25. The van der Waals surface area contributed by atoms with Crippen molar-refractivity contribution in [3.63, 3.8) is 0 Å². The van der Waals surface area contributed by atoms with Crippen molar-refractivity contribution in [1.82, 2.24) is 25.1 Å². The van der Waals surface area contributed by atoms with Crippen LogP contribution in [0.15, 0.2) is 11.6 Å². The van der Waals surface area contributed by atoms with Crippen LogP contribution in [0.5, 0.6) is 0 Å². The van der Waals surface area contributed by atoms with Gasteiger partial charge in [-0.2, -0.15) is 5.10 Å². The number of thiazole rings is 1. The maximum atomic E-state index is 12.2. The molecule has 3 heterocycles. The zero-order valence-corrected chi connectivity index (χ0v) is 17.5. The summed E-state index contributed by atoms with van der Waals surface area (Å²) >= 11 is 1.64. The van der Waals surface area contributed by atoms with Gasteiger partial charge >= 0.3 is 0 Å². The average Bonchev–Trinajstić information content (AvgIpc) is 3.21. The molecule has 7 heteroatoms. The summed E-state index contributed by atoms with van der Waals surface area (Å²) in [6, 6.07) is 0.270. The number of aromatic nitrogens is 4. The maximum absolute atomic E-state index is 12.2. The molecule has 144 valence electrons. The first kappa shape index (κ1) is 19.5. The molecular formula is C20H27N5OS. The minimum absolute atomic E-state index is 0.0683. The Hall–Kier alpha value is -2.28. The van der Waals surface area contributed by atoms with Crippen LogP contribution in [0.4, 0.5) is 0 Å². The summed E-state index contributed by atoms with van der Waals surface area (Å²) in [7, 11) is 0. The van der Waals surface area contributed by atoms with Crippen LogP contribution in [0.25, 0.3) is 11.0 Å². The summed E-state index contributed by atoms with van der Waals surface area (Å²) in [5.41, 5.74) is 5.27. The third kappa shape index (κ3) is 4.35. The number of rotatable bonds is 7. The van der Waals surface area contributed by atoms with Crippen LogP contribution in [0, 0.1) is 20.8 Å². The fraction of sp³-hybridized carbons (Fsp3) is 0.500. The Bertz CT molecular complexity index is 957. The van der Waals surface area contributed by atoms with Crippen LogP contribution in [-0.4, -0.2) is 32.2 Å². The zero-order valence-electron chi connectivity index (χ0n) is 16.7.